The van der Waals surface area contributed by atoms with Crippen molar-refractivity contribution < 1.29 is 4.79 Å². The maximum absolute atomic E-state index is 11.8. The van der Waals surface area contributed by atoms with E-state index in [0.29, 0.717) is 6.04 Å². The van der Waals surface area contributed by atoms with Gasteiger partial charge >= 0.3 is 6.03 Å². The maximum atomic E-state index is 11.8. The molecule has 0 aliphatic heterocycles. The van der Waals surface area contributed by atoms with E-state index in [0.717, 1.165) is 30.0 Å². The van der Waals surface area contributed by atoms with Gasteiger partial charge in [-0.1, -0.05) is 19.1 Å². The average Bonchev–Trinajstić information content (AvgIpc) is 2.36. The van der Waals surface area contributed by atoms with Gasteiger partial charge in [0.05, 0.1) is 0 Å². The predicted molar refractivity (Wildman–Crippen MR) is 78.3 cm³/mol. The van der Waals surface area contributed by atoms with Gasteiger partial charge in [0.25, 0.3) is 0 Å². The fraction of sp³-hybridized carbons (Fsp3) is 0.533. The molecule has 2 rings (SSSR count). The summed E-state index contributed by atoms with van der Waals surface area (Å²) >= 11 is 0. The molecule has 0 radical (unpaired) electrons. The second-order valence-corrected chi connectivity index (χ2v) is 5.51. The van der Waals surface area contributed by atoms with Crippen LogP contribution in [0.5, 0.6) is 0 Å². The number of hydrogen-bond donors (Lipinski definition) is 3. The summed E-state index contributed by atoms with van der Waals surface area (Å²) in [5, 5.41) is 9.08. The van der Waals surface area contributed by atoms with E-state index >= 15 is 0 Å². The van der Waals surface area contributed by atoms with Gasteiger partial charge in [-0.05, 0) is 50.4 Å². The number of nitrogens with one attached hydrogen (secondary N) is 3. The number of amides is 2. The number of urea groups is 1. The molecule has 3 N–H and O–H groups in total. The van der Waals surface area contributed by atoms with Gasteiger partial charge in [0.2, 0.25) is 0 Å². The third kappa shape index (κ3) is 3.70. The molecular formula is C15H23N3O. The van der Waals surface area contributed by atoms with Crippen molar-refractivity contribution in [2.45, 2.75) is 38.8 Å². The second kappa shape index (κ2) is 6.06. The molecule has 1 fully saturated rings. The zero-order valence-corrected chi connectivity index (χ0v) is 11.9. The molecular weight excluding hydrogens is 238 g/mol. The summed E-state index contributed by atoms with van der Waals surface area (Å²) in [4.78, 5) is 11.8. The normalized spacial score (nSPS) is 23.3. The number of anilines is 1. The number of benzene rings is 1. The molecule has 4 nitrogen and oxygen atoms in total. The van der Waals surface area contributed by atoms with E-state index in [2.05, 4.69) is 35.9 Å². The summed E-state index contributed by atoms with van der Waals surface area (Å²) in [5.74, 6) is 0.741. The summed E-state index contributed by atoms with van der Waals surface area (Å²) in [5.41, 5.74) is 2.00. The van der Waals surface area contributed by atoms with E-state index in [1.807, 2.05) is 25.2 Å². The first-order valence-corrected chi connectivity index (χ1v) is 6.93. The molecule has 4 heteroatoms. The van der Waals surface area contributed by atoms with Gasteiger partial charge < -0.3 is 16.0 Å². The van der Waals surface area contributed by atoms with Crippen LogP contribution in [0.4, 0.5) is 10.5 Å². The molecule has 1 unspecified atom stereocenters. The van der Waals surface area contributed by atoms with Crippen LogP contribution in [0.25, 0.3) is 0 Å². The standard InChI is InChI=1S/C15H23N3O/c1-10-7-14(8-10)18-15(19)17-13-6-4-5-12(9-13)11(2)16-3/h4-6,9-11,14,16H,7-8H2,1-3H3,(H2,17,18,19). The van der Waals surface area contributed by atoms with Crippen LogP contribution in [0.3, 0.4) is 0 Å². The molecule has 19 heavy (non-hydrogen) atoms. The summed E-state index contributed by atoms with van der Waals surface area (Å²) < 4.78 is 0. The molecule has 1 atom stereocenters. The first-order valence-electron chi connectivity index (χ1n) is 6.93. The summed E-state index contributed by atoms with van der Waals surface area (Å²) in [6.45, 7) is 4.30. The van der Waals surface area contributed by atoms with Crippen LogP contribution in [-0.2, 0) is 0 Å². The smallest absolute Gasteiger partial charge is 0.319 e. The van der Waals surface area contributed by atoms with Crippen LogP contribution in [-0.4, -0.2) is 19.1 Å². The fourth-order valence-corrected chi connectivity index (χ4v) is 2.43. The predicted octanol–water partition coefficient (Wildman–Crippen LogP) is 2.89. The molecule has 1 aliphatic carbocycles. The summed E-state index contributed by atoms with van der Waals surface area (Å²) in [6.07, 6.45) is 2.18. The third-order valence-corrected chi connectivity index (χ3v) is 3.79. The van der Waals surface area contributed by atoms with Crippen LogP contribution in [0, 0.1) is 5.92 Å². The van der Waals surface area contributed by atoms with Crippen LogP contribution in [0.1, 0.15) is 38.3 Å². The van der Waals surface area contributed by atoms with Crippen molar-refractivity contribution in [2.24, 2.45) is 5.92 Å². The number of carbonyl (C=O) groups excluding carboxylic acids is 1. The van der Waals surface area contributed by atoms with Crippen LogP contribution in [0.15, 0.2) is 24.3 Å². The highest BCUT2D eigenvalue weighted by Crippen LogP contribution is 2.26. The molecule has 2 amide bonds. The Balaban J connectivity index is 1.89. The highest BCUT2D eigenvalue weighted by Gasteiger charge is 2.26. The van der Waals surface area contributed by atoms with Gasteiger partial charge in [-0.15, -0.1) is 0 Å². The Morgan fingerprint density at radius 2 is 2.11 bits per heavy atom. The van der Waals surface area contributed by atoms with Crippen molar-refractivity contribution in [1.29, 1.82) is 0 Å². The highest BCUT2D eigenvalue weighted by atomic mass is 16.2. The van der Waals surface area contributed by atoms with E-state index in [-0.39, 0.29) is 12.1 Å². The topological polar surface area (TPSA) is 53.2 Å². The van der Waals surface area contributed by atoms with Gasteiger partial charge in [-0.3, -0.25) is 0 Å². The van der Waals surface area contributed by atoms with E-state index in [9.17, 15) is 4.79 Å². The van der Waals surface area contributed by atoms with Crippen molar-refractivity contribution in [3.8, 4) is 0 Å². The first-order chi connectivity index (χ1) is 9.08. The molecule has 1 saturated carbocycles. The molecule has 0 aromatic heterocycles. The van der Waals surface area contributed by atoms with Gasteiger partial charge in [0.15, 0.2) is 0 Å². The maximum Gasteiger partial charge on any atom is 0.319 e. The van der Waals surface area contributed by atoms with Crippen molar-refractivity contribution in [3.05, 3.63) is 29.8 Å². The van der Waals surface area contributed by atoms with Crippen molar-refractivity contribution in [1.82, 2.24) is 10.6 Å². The largest absolute Gasteiger partial charge is 0.335 e. The lowest BCUT2D eigenvalue weighted by Gasteiger charge is -2.33. The van der Waals surface area contributed by atoms with Crippen LogP contribution in [0.2, 0.25) is 0 Å². The highest BCUT2D eigenvalue weighted by molar-refractivity contribution is 5.89. The lowest BCUT2D eigenvalue weighted by Crippen LogP contribution is -2.45. The summed E-state index contributed by atoms with van der Waals surface area (Å²) in [7, 11) is 1.93. The molecule has 1 aliphatic rings. The zero-order chi connectivity index (χ0) is 13.8. The number of rotatable bonds is 4. The minimum absolute atomic E-state index is 0.105. The summed E-state index contributed by atoms with van der Waals surface area (Å²) in [6, 6.07) is 8.44. The Morgan fingerprint density at radius 1 is 1.37 bits per heavy atom. The van der Waals surface area contributed by atoms with Crippen molar-refractivity contribution in [2.75, 3.05) is 12.4 Å². The van der Waals surface area contributed by atoms with Gasteiger partial charge in [0.1, 0.15) is 0 Å². The van der Waals surface area contributed by atoms with Crippen LogP contribution >= 0.6 is 0 Å². The Hall–Kier alpha value is -1.55. The van der Waals surface area contributed by atoms with Crippen molar-refractivity contribution in [3.63, 3.8) is 0 Å². The molecule has 104 valence electrons. The Labute approximate surface area is 115 Å². The molecule has 0 bridgehead atoms. The molecule has 0 saturated heterocycles. The van der Waals surface area contributed by atoms with E-state index in [4.69, 9.17) is 0 Å². The lowest BCUT2D eigenvalue weighted by atomic mass is 9.82. The van der Waals surface area contributed by atoms with Crippen molar-refractivity contribution >= 4 is 11.7 Å². The minimum Gasteiger partial charge on any atom is -0.335 e. The third-order valence-electron chi connectivity index (χ3n) is 3.79. The Bertz CT molecular complexity index is 441. The monoisotopic (exact) mass is 261 g/mol. The number of carbonyl (C=O) groups is 1. The van der Waals surface area contributed by atoms with Gasteiger partial charge in [-0.2, -0.15) is 0 Å². The SMILES string of the molecule is CNC(C)c1cccc(NC(=O)NC2CC(C)C2)c1. The van der Waals surface area contributed by atoms with E-state index < -0.39 is 0 Å². The van der Waals surface area contributed by atoms with E-state index in [1.54, 1.807) is 0 Å². The second-order valence-electron chi connectivity index (χ2n) is 5.51. The molecule has 1 aromatic rings. The molecule has 0 heterocycles. The molecule has 1 aromatic carbocycles. The Morgan fingerprint density at radius 3 is 2.74 bits per heavy atom. The Kier molecular flexibility index (Phi) is 4.43. The van der Waals surface area contributed by atoms with Gasteiger partial charge in [-0.25, -0.2) is 4.79 Å². The number of hydrogen-bond acceptors (Lipinski definition) is 2. The lowest BCUT2D eigenvalue weighted by molar-refractivity contribution is 0.219. The van der Waals surface area contributed by atoms with Gasteiger partial charge in [0, 0.05) is 17.8 Å². The van der Waals surface area contributed by atoms with Crippen LogP contribution < -0.4 is 16.0 Å². The molecule has 0 spiro atoms. The minimum atomic E-state index is -0.105. The first kappa shape index (κ1) is 13.9. The van der Waals surface area contributed by atoms with E-state index in [1.165, 1.54) is 0 Å². The zero-order valence-electron chi connectivity index (χ0n) is 11.9. The quantitative estimate of drug-likeness (QED) is 0.780. The fourth-order valence-electron chi connectivity index (χ4n) is 2.43. The average molecular weight is 261 g/mol.